The highest BCUT2D eigenvalue weighted by Gasteiger charge is 1.97. The van der Waals surface area contributed by atoms with Gasteiger partial charge < -0.3 is 10.4 Å². The van der Waals surface area contributed by atoms with Crippen LogP contribution in [0.2, 0.25) is 0 Å². The molecule has 0 rings (SSSR count). The van der Waals surface area contributed by atoms with Gasteiger partial charge in [-0.2, -0.15) is 0 Å². The largest absolute Gasteiger partial charge is 0.392 e. The summed E-state index contributed by atoms with van der Waals surface area (Å²) in [4.78, 5) is 10.3. The SMILES string of the molecule is CC(O)CNC(=O)NN. The number of amides is 2. The number of aliphatic hydroxyl groups is 1. The molecule has 1 atom stereocenters. The summed E-state index contributed by atoms with van der Waals surface area (Å²) in [7, 11) is 0. The van der Waals surface area contributed by atoms with Gasteiger partial charge in [-0.3, -0.25) is 5.43 Å². The molecule has 0 heterocycles. The predicted molar refractivity (Wildman–Crippen MR) is 32.4 cm³/mol. The van der Waals surface area contributed by atoms with Crippen molar-refractivity contribution in [3.05, 3.63) is 0 Å². The zero-order valence-electron chi connectivity index (χ0n) is 5.22. The molecule has 0 spiro atoms. The van der Waals surface area contributed by atoms with E-state index in [0.29, 0.717) is 0 Å². The molecule has 0 aliphatic rings. The van der Waals surface area contributed by atoms with E-state index in [-0.39, 0.29) is 6.54 Å². The molecule has 1 unspecified atom stereocenters. The van der Waals surface area contributed by atoms with Crippen molar-refractivity contribution in [3.8, 4) is 0 Å². The molecule has 0 aromatic carbocycles. The van der Waals surface area contributed by atoms with Crippen LogP contribution >= 0.6 is 0 Å². The third kappa shape index (κ3) is 5.05. The zero-order valence-corrected chi connectivity index (χ0v) is 5.22. The molecular formula is C4H11N3O2. The first-order valence-electron chi connectivity index (χ1n) is 2.59. The van der Waals surface area contributed by atoms with Crippen LogP contribution in [0.4, 0.5) is 4.79 Å². The van der Waals surface area contributed by atoms with Crippen LogP contribution in [0.1, 0.15) is 6.92 Å². The van der Waals surface area contributed by atoms with Gasteiger partial charge in [0.25, 0.3) is 0 Å². The number of aliphatic hydroxyl groups excluding tert-OH is 1. The van der Waals surface area contributed by atoms with E-state index in [4.69, 9.17) is 10.9 Å². The Kier molecular flexibility index (Phi) is 3.74. The highest BCUT2D eigenvalue weighted by molar-refractivity contribution is 5.72. The Hall–Kier alpha value is -0.810. The smallest absolute Gasteiger partial charge is 0.328 e. The Morgan fingerprint density at radius 2 is 2.44 bits per heavy atom. The van der Waals surface area contributed by atoms with Crippen molar-refractivity contribution in [1.82, 2.24) is 10.7 Å². The highest BCUT2D eigenvalue weighted by Crippen LogP contribution is 1.72. The van der Waals surface area contributed by atoms with Crippen LogP contribution in [-0.4, -0.2) is 23.8 Å². The lowest BCUT2D eigenvalue weighted by molar-refractivity contribution is 0.187. The third-order valence-corrected chi connectivity index (χ3v) is 0.689. The molecular weight excluding hydrogens is 122 g/mol. The van der Waals surface area contributed by atoms with Crippen LogP contribution in [0.25, 0.3) is 0 Å². The second-order valence-electron chi connectivity index (χ2n) is 1.70. The highest BCUT2D eigenvalue weighted by atomic mass is 16.3. The molecule has 0 aliphatic heterocycles. The van der Waals surface area contributed by atoms with Gasteiger partial charge >= 0.3 is 6.03 Å². The molecule has 5 heteroatoms. The first-order chi connectivity index (χ1) is 4.16. The van der Waals surface area contributed by atoms with Crippen LogP contribution in [0.5, 0.6) is 0 Å². The van der Waals surface area contributed by atoms with Gasteiger partial charge in [-0.15, -0.1) is 0 Å². The lowest BCUT2D eigenvalue weighted by Crippen LogP contribution is -2.42. The number of carbonyl (C=O) groups is 1. The standard InChI is InChI=1S/C4H11N3O2/c1-3(8)2-6-4(9)7-5/h3,8H,2,5H2,1H3,(H2,6,7,9). The molecule has 0 aromatic heterocycles. The summed E-state index contributed by atoms with van der Waals surface area (Å²) in [6.45, 7) is 1.78. The van der Waals surface area contributed by atoms with Gasteiger partial charge in [0.05, 0.1) is 6.10 Å². The van der Waals surface area contributed by atoms with Crippen molar-refractivity contribution >= 4 is 6.03 Å². The molecule has 0 fully saturated rings. The van der Waals surface area contributed by atoms with Gasteiger partial charge in [-0.05, 0) is 6.92 Å². The van der Waals surface area contributed by atoms with Crippen LogP contribution < -0.4 is 16.6 Å². The van der Waals surface area contributed by atoms with E-state index in [1.54, 1.807) is 6.92 Å². The van der Waals surface area contributed by atoms with E-state index in [1.165, 1.54) is 0 Å². The molecule has 0 radical (unpaired) electrons. The lowest BCUT2D eigenvalue weighted by Gasteiger charge is -2.04. The minimum atomic E-state index is -0.540. The Morgan fingerprint density at radius 1 is 1.89 bits per heavy atom. The summed E-state index contributed by atoms with van der Waals surface area (Å²) in [5, 5.41) is 10.9. The number of hydrogen-bond donors (Lipinski definition) is 4. The van der Waals surface area contributed by atoms with Crippen LogP contribution in [0.15, 0.2) is 0 Å². The minimum Gasteiger partial charge on any atom is -0.392 e. The molecule has 5 nitrogen and oxygen atoms in total. The first-order valence-corrected chi connectivity index (χ1v) is 2.59. The second kappa shape index (κ2) is 4.11. The summed E-state index contributed by atoms with van der Waals surface area (Å²) in [6, 6.07) is -0.490. The zero-order chi connectivity index (χ0) is 7.28. The van der Waals surface area contributed by atoms with Crippen LogP contribution in [-0.2, 0) is 0 Å². The molecule has 0 saturated heterocycles. The van der Waals surface area contributed by atoms with E-state index < -0.39 is 12.1 Å². The monoisotopic (exact) mass is 133 g/mol. The molecule has 0 aliphatic carbocycles. The summed E-state index contributed by atoms with van der Waals surface area (Å²) in [5.74, 6) is 4.71. The van der Waals surface area contributed by atoms with Crippen molar-refractivity contribution in [2.45, 2.75) is 13.0 Å². The molecule has 0 saturated carbocycles. The number of rotatable bonds is 2. The first kappa shape index (κ1) is 8.19. The topological polar surface area (TPSA) is 87.4 Å². The summed E-state index contributed by atoms with van der Waals surface area (Å²) in [5.41, 5.74) is 1.86. The normalized spacial score (nSPS) is 12.3. The van der Waals surface area contributed by atoms with E-state index in [0.717, 1.165) is 0 Å². The number of nitrogens with two attached hydrogens (primary N) is 1. The van der Waals surface area contributed by atoms with Crippen molar-refractivity contribution in [2.75, 3.05) is 6.54 Å². The van der Waals surface area contributed by atoms with Gasteiger partial charge in [-0.1, -0.05) is 0 Å². The second-order valence-corrected chi connectivity index (χ2v) is 1.70. The van der Waals surface area contributed by atoms with Crippen LogP contribution in [0, 0.1) is 0 Å². The Bertz CT molecular complexity index is 93.8. The lowest BCUT2D eigenvalue weighted by atomic mass is 10.4. The van der Waals surface area contributed by atoms with Crippen LogP contribution in [0.3, 0.4) is 0 Å². The average molecular weight is 133 g/mol. The van der Waals surface area contributed by atoms with Gasteiger partial charge in [-0.25, -0.2) is 10.6 Å². The van der Waals surface area contributed by atoms with Crippen molar-refractivity contribution in [1.29, 1.82) is 0 Å². The fourth-order valence-electron chi connectivity index (χ4n) is 0.291. The molecule has 5 N–H and O–H groups in total. The fourth-order valence-corrected chi connectivity index (χ4v) is 0.291. The van der Waals surface area contributed by atoms with Gasteiger partial charge in [0, 0.05) is 6.54 Å². The van der Waals surface area contributed by atoms with Crippen molar-refractivity contribution < 1.29 is 9.90 Å². The molecule has 54 valence electrons. The summed E-state index contributed by atoms with van der Waals surface area (Å²) in [6.07, 6.45) is -0.540. The van der Waals surface area contributed by atoms with Gasteiger partial charge in [0.1, 0.15) is 0 Å². The maximum absolute atomic E-state index is 10.3. The Balaban J connectivity index is 3.17. The maximum Gasteiger partial charge on any atom is 0.328 e. The van der Waals surface area contributed by atoms with Crippen molar-refractivity contribution in [2.24, 2.45) is 5.84 Å². The quantitative estimate of drug-likeness (QED) is 0.211. The van der Waals surface area contributed by atoms with E-state index in [1.807, 2.05) is 5.43 Å². The fraction of sp³-hybridized carbons (Fsp3) is 0.750. The number of carbonyl (C=O) groups excluding carboxylic acids is 1. The average Bonchev–Trinajstić information content (AvgIpc) is 1.83. The summed E-state index contributed by atoms with van der Waals surface area (Å²) < 4.78 is 0. The van der Waals surface area contributed by atoms with E-state index in [2.05, 4.69) is 5.32 Å². The third-order valence-electron chi connectivity index (χ3n) is 0.689. The summed E-state index contributed by atoms with van der Waals surface area (Å²) >= 11 is 0. The molecule has 0 aromatic rings. The molecule has 9 heavy (non-hydrogen) atoms. The van der Waals surface area contributed by atoms with Gasteiger partial charge in [0.15, 0.2) is 0 Å². The minimum absolute atomic E-state index is 0.211. The van der Waals surface area contributed by atoms with Gasteiger partial charge in [0.2, 0.25) is 0 Å². The number of nitrogens with one attached hydrogen (secondary N) is 2. The number of hydrazine groups is 1. The number of urea groups is 1. The molecule has 0 bridgehead atoms. The predicted octanol–water partition coefficient (Wildman–Crippen LogP) is -1.46. The maximum atomic E-state index is 10.3. The van der Waals surface area contributed by atoms with Crippen molar-refractivity contribution in [3.63, 3.8) is 0 Å². The Labute approximate surface area is 53.2 Å². The van der Waals surface area contributed by atoms with E-state index >= 15 is 0 Å². The number of hydrogen-bond acceptors (Lipinski definition) is 3. The molecule has 2 amide bonds. The Morgan fingerprint density at radius 3 is 2.78 bits per heavy atom. The van der Waals surface area contributed by atoms with E-state index in [9.17, 15) is 4.79 Å².